The van der Waals surface area contributed by atoms with Crippen molar-refractivity contribution in [3.05, 3.63) is 88.3 Å². The SMILES string of the molecule is O=C(NCc1ccc(F)cc1)c1ccc(NCc2ccccc2Cl)nn1. The highest BCUT2D eigenvalue weighted by molar-refractivity contribution is 6.31. The number of amides is 1. The van der Waals surface area contributed by atoms with Crippen molar-refractivity contribution in [2.75, 3.05) is 5.32 Å². The molecule has 0 fully saturated rings. The fourth-order valence-electron chi connectivity index (χ4n) is 2.25. The fourth-order valence-corrected chi connectivity index (χ4v) is 2.45. The Morgan fingerprint density at radius 2 is 1.73 bits per heavy atom. The number of rotatable bonds is 6. The summed E-state index contributed by atoms with van der Waals surface area (Å²) in [4.78, 5) is 12.1. The molecule has 2 N–H and O–H groups in total. The van der Waals surface area contributed by atoms with Crippen LogP contribution in [0.5, 0.6) is 0 Å². The fraction of sp³-hybridized carbons (Fsp3) is 0.105. The lowest BCUT2D eigenvalue weighted by Gasteiger charge is -2.08. The third-order valence-electron chi connectivity index (χ3n) is 3.68. The van der Waals surface area contributed by atoms with Gasteiger partial charge < -0.3 is 10.6 Å². The molecule has 0 atom stereocenters. The number of nitrogens with zero attached hydrogens (tertiary/aromatic N) is 2. The van der Waals surface area contributed by atoms with Crippen LogP contribution in [0.3, 0.4) is 0 Å². The molecular weight excluding hydrogens is 355 g/mol. The van der Waals surface area contributed by atoms with E-state index >= 15 is 0 Å². The molecule has 0 unspecified atom stereocenters. The van der Waals surface area contributed by atoms with Gasteiger partial charge >= 0.3 is 0 Å². The standard InChI is InChI=1S/C19H16ClFN4O/c20-16-4-2-1-3-14(16)12-22-18-10-9-17(24-25-18)19(26)23-11-13-5-7-15(21)8-6-13/h1-10H,11-12H2,(H,22,25)(H,23,26). The average Bonchev–Trinajstić information content (AvgIpc) is 2.67. The largest absolute Gasteiger partial charge is 0.364 e. The summed E-state index contributed by atoms with van der Waals surface area (Å²) in [6.07, 6.45) is 0. The van der Waals surface area contributed by atoms with Gasteiger partial charge in [0.2, 0.25) is 0 Å². The molecule has 0 aliphatic heterocycles. The number of carbonyl (C=O) groups is 1. The van der Waals surface area contributed by atoms with Crippen molar-refractivity contribution in [3.63, 3.8) is 0 Å². The Hall–Kier alpha value is -2.99. The molecule has 26 heavy (non-hydrogen) atoms. The third kappa shape index (κ3) is 4.77. The molecule has 2 aromatic carbocycles. The maximum absolute atomic E-state index is 12.9. The quantitative estimate of drug-likeness (QED) is 0.692. The van der Waals surface area contributed by atoms with Crippen molar-refractivity contribution < 1.29 is 9.18 Å². The van der Waals surface area contributed by atoms with Crippen molar-refractivity contribution in [1.29, 1.82) is 0 Å². The van der Waals surface area contributed by atoms with Gasteiger partial charge in [0.25, 0.3) is 5.91 Å². The molecule has 1 heterocycles. The number of halogens is 2. The van der Waals surface area contributed by atoms with Crippen LogP contribution >= 0.6 is 11.6 Å². The van der Waals surface area contributed by atoms with Gasteiger partial charge in [-0.15, -0.1) is 10.2 Å². The van der Waals surface area contributed by atoms with Gasteiger partial charge in [0.15, 0.2) is 5.69 Å². The van der Waals surface area contributed by atoms with Crippen LogP contribution in [0.1, 0.15) is 21.6 Å². The molecular formula is C19H16ClFN4O. The highest BCUT2D eigenvalue weighted by Crippen LogP contribution is 2.16. The smallest absolute Gasteiger partial charge is 0.272 e. The van der Waals surface area contributed by atoms with Crippen molar-refractivity contribution in [2.45, 2.75) is 13.1 Å². The third-order valence-corrected chi connectivity index (χ3v) is 4.05. The molecule has 5 nitrogen and oxygen atoms in total. The summed E-state index contributed by atoms with van der Waals surface area (Å²) in [5.41, 5.74) is 1.94. The zero-order chi connectivity index (χ0) is 18.4. The van der Waals surface area contributed by atoms with E-state index in [-0.39, 0.29) is 24.0 Å². The average molecular weight is 371 g/mol. The van der Waals surface area contributed by atoms with Crippen LogP contribution in [0.4, 0.5) is 10.2 Å². The van der Waals surface area contributed by atoms with E-state index in [1.54, 1.807) is 24.3 Å². The molecule has 0 saturated heterocycles. The lowest BCUT2D eigenvalue weighted by atomic mass is 10.2. The second kappa shape index (κ2) is 8.40. The number of hydrogen-bond donors (Lipinski definition) is 2. The summed E-state index contributed by atoms with van der Waals surface area (Å²) < 4.78 is 12.9. The minimum Gasteiger partial charge on any atom is -0.364 e. The van der Waals surface area contributed by atoms with E-state index in [0.29, 0.717) is 17.4 Å². The summed E-state index contributed by atoms with van der Waals surface area (Å²) in [5.74, 6) is -0.120. The number of hydrogen-bond acceptors (Lipinski definition) is 4. The Kier molecular flexibility index (Phi) is 5.76. The molecule has 1 aromatic heterocycles. The lowest BCUT2D eigenvalue weighted by molar-refractivity contribution is 0.0945. The lowest BCUT2D eigenvalue weighted by Crippen LogP contribution is -2.24. The molecule has 0 spiro atoms. The van der Waals surface area contributed by atoms with Crippen LogP contribution in [0.25, 0.3) is 0 Å². The Balaban J connectivity index is 1.54. The molecule has 1 amide bonds. The van der Waals surface area contributed by atoms with Crippen molar-refractivity contribution in [2.24, 2.45) is 0 Å². The number of benzene rings is 2. The van der Waals surface area contributed by atoms with Gasteiger partial charge in [-0.2, -0.15) is 0 Å². The Morgan fingerprint density at radius 1 is 0.962 bits per heavy atom. The van der Waals surface area contributed by atoms with Crippen LogP contribution in [-0.2, 0) is 13.1 Å². The second-order valence-corrected chi connectivity index (χ2v) is 5.97. The summed E-state index contributed by atoms with van der Waals surface area (Å²) in [5, 5.41) is 14.4. The van der Waals surface area contributed by atoms with E-state index < -0.39 is 0 Å². The Labute approximate surface area is 155 Å². The summed E-state index contributed by atoms with van der Waals surface area (Å²) in [7, 11) is 0. The van der Waals surface area contributed by atoms with E-state index in [1.807, 2.05) is 24.3 Å². The highest BCUT2D eigenvalue weighted by atomic mass is 35.5. The maximum Gasteiger partial charge on any atom is 0.272 e. The van der Waals surface area contributed by atoms with Gasteiger partial charge in [0.05, 0.1) is 0 Å². The first-order valence-electron chi connectivity index (χ1n) is 7.95. The zero-order valence-electron chi connectivity index (χ0n) is 13.7. The van der Waals surface area contributed by atoms with Gasteiger partial charge in [0.1, 0.15) is 11.6 Å². The van der Waals surface area contributed by atoms with Crippen LogP contribution in [0.15, 0.2) is 60.7 Å². The first kappa shape index (κ1) is 17.8. The molecule has 0 aliphatic carbocycles. The molecule has 3 rings (SSSR count). The maximum atomic E-state index is 12.9. The summed E-state index contributed by atoms with van der Waals surface area (Å²) in [6, 6.07) is 16.7. The van der Waals surface area contributed by atoms with Crippen LogP contribution in [-0.4, -0.2) is 16.1 Å². The number of carbonyl (C=O) groups excluding carboxylic acids is 1. The van der Waals surface area contributed by atoms with Gasteiger partial charge in [0, 0.05) is 18.1 Å². The molecule has 0 bridgehead atoms. The molecule has 7 heteroatoms. The van der Waals surface area contributed by atoms with Crippen LogP contribution in [0, 0.1) is 5.82 Å². The van der Waals surface area contributed by atoms with E-state index in [4.69, 9.17) is 11.6 Å². The van der Waals surface area contributed by atoms with Gasteiger partial charge in [-0.1, -0.05) is 41.9 Å². The molecule has 132 valence electrons. The minimum absolute atomic E-state index is 0.204. The molecule has 3 aromatic rings. The highest BCUT2D eigenvalue weighted by Gasteiger charge is 2.08. The molecule has 0 saturated carbocycles. The van der Waals surface area contributed by atoms with Crippen molar-refractivity contribution in [3.8, 4) is 0 Å². The van der Waals surface area contributed by atoms with Crippen LogP contribution in [0.2, 0.25) is 5.02 Å². The van der Waals surface area contributed by atoms with Gasteiger partial charge in [-0.05, 0) is 41.5 Å². The van der Waals surface area contributed by atoms with Gasteiger partial charge in [-0.3, -0.25) is 4.79 Å². The van der Waals surface area contributed by atoms with Crippen molar-refractivity contribution in [1.82, 2.24) is 15.5 Å². The van der Waals surface area contributed by atoms with E-state index in [2.05, 4.69) is 20.8 Å². The Bertz CT molecular complexity index is 885. The first-order valence-corrected chi connectivity index (χ1v) is 8.33. The predicted octanol–water partition coefficient (Wildman–Crippen LogP) is 3.81. The summed E-state index contributed by atoms with van der Waals surface area (Å²) in [6.45, 7) is 0.789. The van der Waals surface area contributed by atoms with Crippen molar-refractivity contribution >= 4 is 23.3 Å². The molecule has 0 radical (unpaired) electrons. The Morgan fingerprint density at radius 3 is 2.42 bits per heavy atom. The number of nitrogens with one attached hydrogen (secondary N) is 2. The second-order valence-electron chi connectivity index (χ2n) is 5.56. The normalized spacial score (nSPS) is 10.4. The molecule has 0 aliphatic rings. The minimum atomic E-state index is -0.348. The number of aromatic nitrogens is 2. The van der Waals surface area contributed by atoms with Crippen LogP contribution < -0.4 is 10.6 Å². The van der Waals surface area contributed by atoms with E-state index in [0.717, 1.165) is 11.1 Å². The number of anilines is 1. The zero-order valence-corrected chi connectivity index (χ0v) is 14.5. The van der Waals surface area contributed by atoms with Gasteiger partial charge in [-0.25, -0.2) is 4.39 Å². The van der Waals surface area contributed by atoms with E-state index in [9.17, 15) is 9.18 Å². The van der Waals surface area contributed by atoms with E-state index in [1.165, 1.54) is 12.1 Å². The first-order chi connectivity index (χ1) is 12.6. The summed E-state index contributed by atoms with van der Waals surface area (Å²) >= 11 is 6.10. The topological polar surface area (TPSA) is 66.9 Å². The monoisotopic (exact) mass is 370 g/mol. The predicted molar refractivity (Wildman–Crippen MR) is 98.4 cm³/mol.